The molecule has 6 nitrogen and oxygen atoms in total. The van der Waals surface area contributed by atoms with E-state index in [9.17, 15) is 19.2 Å². The molecule has 0 aromatic carbocycles. The minimum absolute atomic E-state index is 0.0369. The first-order valence-electron chi connectivity index (χ1n) is 9.92. The van der Waals surface area contributed by atoms with Gasteiger partial charge in [0.05, 0.1) is 11.1 Å². The Kier molecular flexibility index (Phi) is 5.49. The normalized spacial score (nSPS) is 24.9. The third kappa shape index (κ3) is 3.07. The largest absolute Gasteiger partial charge is 0.398 e. The van der Waals surface area contributed by atoms with Crippen LogP contribution in [0.2, 0.25) is 0 Å². The molecule has 3 rings (SSSR count). The number of Topliss-reactive ketones (excluding diaryl/α,β-unsaturated/α-hetero) is 4. The van der Waals surface area contributed by atoms with Crippen LogP contribution < -0.4 is 11.5 Å². The van der Waals surface area contributed by atoms with Crippen molar-refractivity contribution in [3.05, 3.63) is 45.8 Å². The molecular weight excluding hydrogens is 356 g/mol. The van der Waals surface area contributed by atoms with Crippen LogP contribution in [0.4, 0.5) is 0 Å². The summed E-state index contributed by atoms with van der Waals surface area (Å²) in [5, 5.41) is 0. The Hall–Kier alpha value is -2.76. The van der Waals surface area contributed by atoms with E-state index in [2.05, 4.69) is 0 Å². The smallest absolute Gasteiger partial charge is 0.195 e. The van der Waals surface area contributed by atoms with Gasteiger partial charge in [0.25, 0.3) is 0 Å². The number of unbranched alkanes of at least 4 members (excludes halogenated alkanes) is 2. The Balaban J connectivity index is 2.08. The molecule has 0 spiro atoms. The number of fused-ring (bicyclic) bond motifs is 1. The molecule has 0 saturated heterocycles. The van der Waals surface area contributed by atoms with Crippen molar-refractivity contribution in [1.29, 1.82) is 0 Å². The van der Waals surface area contributed by atoms with E-state index >= 15 is 0 Å². The lowest BCUT2D eigenvalue weighted by atomic mass is 9.66. The predicted octanol–water partition coefficient (Wildman–Crippen LogP) is 2.19. The predicted molar refractivity (Wildman–Crippen MR) is 105 cm³/mol. The van der Waals surface area contributed by atoms with Gasteiger partial charge in [0.15, 0.2) is 23.1 Å². The molecule has 0 aromatic rings. The molecule has 4 N–H and O–H groups in total. The summed E-state index contributed by atoms with van der Waals surface area (Å²) in [6.07, 6.45) is 7.45. The second kappa shape index (κ2) is 7.70. The van der Waals surface area contributed by atoms with E-state index in [1.165, 1.54) is 6.08 Å². The second-order valence-corrected chi connectivity index (χ2v) is 7.62. The van der Waals surface area contributed by atoms with Gasteiger partial charge in [-0.25, -0.2) is 0 Å². The van der Waals surface area contributed by atoms with Crippen LogP contribution in [0.15, 0.2) is 45.8 Å². The molecule has 0 amide bonds. The molecule has 28 heavy (non-hydrogen) atoms. The van der Waals surface area contributed by atoms with Gasteiger partial charge in [-0.05, 0) is 37.0 Å². The van der Waals surface area contributed by atoms with Gasteiger partial charge >= 0.3 is 0 Å². The zero-order valence-corrected chi connectivity index (χ0v) is 16.3. The Bertz CT molecular complexity index is 901. The fourth-order valence-corrected chi connectivity index (χ4v) is 4.13. The molecule has 0 bridgehead atoms. The van der Waals surface area contributed by atoms with E-state index in [1.54, 1.807) is 6.08 Å². The van der Waals surface area contributed by atoms with E-state index in [0.29, 0.717) is 18.4 Å². The molecule has 0 heterocycles. The van der Waals surface area contributed by atoms with Gasteiger partial charge in [0.1, 0.15) is 5.92 Å². The molecular formula is C22H26N2O4. The second-order valence-electron chi connectivity index (χ2n) is 7.62. The van der Waals surface area contributed by atoms with Crippen molar-refractivity contribution in [2.24, 2.45) is 23.3 Å². The summed E-state index contributed by atoms with van der Waals surface area (Å²) >= 11 is 0. The molecule has 3 aliphatic carbocycles. The Morgan fingerprint density at radius 3 is 2.21 bits per heavy atom. The summed E-state index contributed by atoms with van der Waals surface area (Å²) in [7, 11) is 0. The molecule has 0 aliphatic heterocycles. The number of hydrogen-bond donors (Lipinski definition) is 2. The van der Waals surface area contributed by atoms with E-state index < -0.39 is 35.0 Å². The highest BCUT2D eigenvalue weighted by atomic mass is 16.2. The van der Waals surface area contributed by atoms with Crippen molar-refractivity contribution in [3.8, 4) is 0 Å². The number of carbonyl (C=O) groups excluding carboxylic acids is 4. The zero-order valence-electron chi connectivity index (χ0n) is 16.3. The minimum Gasteiger partial charge on any atom is -0.398 e. The molecule has 6 heteroatoms. The first-order chi connectivity index (χ1) is 13.3. The highest BCUT2D eigenvalue weighted by molar-refractivity contribution is 6.40. The van der Waals surface area contributed by atoms with Gasteiger partial charge in [-0.2, -0.15) is 0 Å². The number of rotatable bonds is 6. The highest BCUT2D eigenvalue weighted by Crippen LogP contribution is 2.41. The first-order valence-corrected chi connectivity index (χ1v) is 9.92. The lowest BCUT2D eigenvalue weighted by Crippen LogP contribution is -2.45. The number of nitrogens with two attached hydrogens (primary N) is 2. The maximum absolute atomic E-state index is 13.2. The molecule has 0 radical (unpaired) electrons. The van der Waals surface area contributed by atoms with Crippen LogP contribution >= 0.6 is 0 Å². The van der Waals surface area contributed by atoms with Crippen molar-refractivity contribution in [2.45, 2.75) is 52.4 Å². The van der Waals surface area contributed by atoms with Crippen LogP contribution in [-0.4, -0.2) is 23.1 Å². The summed E-state index contributed by atoms with van der Waals surface area (Å²) in [5.74, 6) is -3.90. The Labute approximate surface area is 164 Å². The third-order valence-corrected chi connectivity index (χ3v) is 5.66. The SMILES string of the molecule is CCCCC1=CC(N)=C2C(=O)C3=C(C(=O)C(CCCC)C=C3N)C(=O)C2C1=O. The molecule has 0 fully saturated rings. The molecule has 0 saturated carbocycles. The van der Waals surface area contributed by atoms with Gasteiger partial charge in [-0.15, -0.1) is 0 Å². The zero-order chi connectivity index (χ0) is 20.6. The van der Waals surface area contributed by atoms with Crippen molar-refractivity contribution in [1.82, 2.24) is 0 Å². The topological polar surface area (TPSA) is 120 Å². The van der Waals surface area contributed by atoms with Crippen molar-refractivity contribution in [3.63, 3.8) is 0 Å². The van der Waals surface area contributed by atoms with Crippen LogP contribution in [0.3, 0.4) is 0 Å². The highest BCUT2D eigenvalue weighted by Gasteiger charge is 2.50. The standard InChI is InChI=1S/C22H26N2O4/c1-3-5-7-11-9-13(23)15-17(19(11)25)22(28)18-16(21(15)27)14(24)10-12(20(18)26)8-6-4-2/h9-11,18H,3-8,23-24H2,1-2H3. The van der Waals surface area contributed by atoms with Gasteiger partial charge in [0.2, 0.25) is 0 Å². The fourth-order valence-electron chi connectivity index (χ4n) is 4.13. The van der Waals surface area contributed by atoms with Crippen LogP contribution in [0, 0.1) is 11.8 Å². The lowest BCUT2D eigenvalue weighted by molar-refractivity contribution is -0.132. The molecule has 148 valence electrons. The van der Waals surface area contributed by atoms with Crippen molar-refractivity contribution in [2.75, 3.05) is 0 Å². The van der Waals surface area contributed by atoms with E-state index in [1.807, 2.05) is 13.8 Å². The first kappa shape index (κ1) is 20.0. The fraction of sp³-hybridized carbons (Fsp3) is 0.455. The van der Waals surface area contributed by atoms with Crippen LogP contribution in [0.25, 0.3) is 0 Å². The van der Waals surface area contributed by atoms with E-state index in [4.69, 9.17) is 11.5 Å². The monoisotopic (exact) mass is 382 g/mol. The lowest BCUT2D eigenvalue weighted by Gasteiger charge is -2.33. The molecule has 2 unspecified atom stereocenters. The summed E-state index contributed by atoms with van der Waals surface area (Å²) in [4.78, 5) is 52.3. The summed E-state index contributed by atoms with van der Waals surface area (Å²) < 4.78 is 0. The summed E-state index contributed by atoms with van der Waals surface area (Å²) in [5.41, 5.74) is 12.5. The van der Waals surface area contributed by atoms with Crippen molar-refractivity contribution >= 4 is 23.1 Å². The van der Waals surface area contributed by atoms with E-state index in [0.717, 1.165) is 25.7 Å². The quantitative estimate of drug-likeness (QED) is 0.537. The van der Waals surface area contributed by atoms with E-state index in [-0.39, 0.29) is 28.1 Å². The van der Waals surface area contributed by atoms with Crippen LogP contribution in [0.5, 0.6) is 0 Å². The van der Waals surface area contributed by atoms with Gasteiger partial charge in [-0.3, -0.25) is 19.2 Å². The molecule has 0 aromatic heterocycles. The average molecular weight is 382 g/mol. The van der Waals surface area contributed by atoms with Gasteiger partial charge in [0, 0.05) is 22.9 Å². The van der Waals surface area contributed by atoms with Gasteiger partial charge in [-0.1, -0.05) is 33.1 Å². The van der Waals surface area contributed by atoms with Crippen molar-refractivity contribution < 1.29 is 19.2 Å². The van der Waals surface area contributed by atoms with Gasteiger partial charge < -0.3 is 11.5 Å². The average Bonchev–Trinajstić information content (AvgIpc) is 2.66. The Morgan fingerprint density at radius 2 is 1.57 bits per heavy atom. The Morgan fingerprint density at radius 1 is 0.893 bits per heavy atom. The number of hydrogen-bond acceptors (Lipinski definition) is 6. The molecule has 2 atom stereocenters. The third-order valence-electron chi connectivity index (χ3n) is 5.66. The maximum atomic E-state index is 13.2. The minimum atomic E-state index is -1.32. The summed E-state index contributed by atoms with van der Waals surface area (Å²) in [6, 6.07) is 0. The van der Waals surface area contributed by atoms with Crippen LogP contribution in [0.1, 0.15) is 52.4 Å². The number of carbonyl (C=O) groups is 4. The van der Waals surface area contributed by atoms with Crippen LogP contribution in [-0.2, 0) is 19.2 Å². The summed E-state index contributed by atoms with van der Waals surface area (Å²) in [6.45, 7) is 4.00. The number of allylic oxidation sites excluding steroid dienone is 6. The molecule has 3 aliphatic rings. The maximum Gasteiger partial charge on any atom is 0.195 e. The number of ketones is 4.